The van der Waals surface area contributed by atoms with Gasteiger partial charge in [-0.2, -0.15) is 0 Å². The molecular formula is C30H33N3O3. The first-order valence-corrected chi connectivity index (χ1v) is 12.5. The van der Waals surface area contributed by atoms with Crippen LogP contribution in [0.2, 0.25) is 0 Å². The van der Waals surface area contributed by atoms with Gasteiger partial charge in [0, 0.05) is 55.9 Å². The largest absolute Gasteiger partial charge is 0.508 e. The summed E-state index contributed by atoms with van der Waals surface area (Å²) in [5.41, 5.74) is 6.09. The number of rotatable bonds is 6. The molecule has 1 amide bonds. The molecule has 1 aliphatic heterocycles. The molecule has 2 heterocycles. The topological polar surface area (TPSA) is 68.9 Å². The number of amides is 1. The molecule has 2 N–H and O–H groups in total. The molecule has 6 heteroatoms. The predicted octanol–water partition coefficient (Wildman–Crippen LogP) is 5.63. The Labute approximate surface area is 212 Å². The van der Waals surface area contributed by atoms with Gasteiger partial charge < -0.3 is 14.8 Å². The quantitative estimate of drug-likeness (QED) is 0.372. The minimum absolute atomic E-state index is 0.190. The number of fused-ring (bicyclic) bond motifs is 1. The second-order valence-corrected chi connectivity index (χ2v) is 9.78. The molecule has 6 nitrogen and oxygen atoms in total. The van der Waals surface area contributed by atoms with E-state index in [9.17, 15) is 9.90 Å². The second-order valence-electron chi connectivity index (χ2n) is 9.78. The van der Waals surface area contributed by atoms with E-state index in [1.807, 2.05) is 38.1 Å². The lowest BCUT2D eigenvalue weighted by Crippen LogP contribution is -2.45. The normalized spacial score (nSPS) is 14.9. The lowest BCUT2D eigenvalue weighted by atomic mass is 10.0. The zero-order valence-corrected chi connectivity index (χ0v) is 21.2. The Morgan fingerprint density at radius 3 is 2.31 bits per heavy atom. The average Bonchev–Trinajstić information content (AvgIpc) is 3.20. The standard InChI is InChI=1S/C30H33N3O3/c1-20-9-10-25(21(2)17-20)31-30(35)28-22(3)36-27-12-11-26(34)24(29(27)28)19-33-15-13-32(14-16-33)18-23-7-5-4-6-8-23/h4-12,17,34H,13-16,18-19H2,1-3H3,(H,31,35). The van der Waals surface area contributed by atoms with Gasteiger partial charge in [0.2, 0.25) is 0 Å². The Hall–Kier alpha value is -3.61. The number of carbonyl (C=O) groups excluding carboxylic acids is 1. The number of piperazine rings is 1. The Bertz CT molecular complexity index is 1390. The predicted molar refractivity (Wildman–Crippen MR) is 143 cm³/mol. The summed E-state index contributed by atoms with van der Waals surface area (Å²) >= 11 is 0. The lowest BCUT2D eigenvalue weighted by Gasteiger charge is -2.35. The number of carbonyl (C=O) groups is 1. The van der Waals surface area contributed by atoms with Crippen LogP contribution in [0.1, 0.15) is 38.4 Å². The van der Waals surface area contributed by atoms with Crippen LogP contribution in [0.5, 0.6) is 5.75 Å². The van der Waals surface area contributed by atoms with Gasteiger partial charge in [-0.3, -0.25) is 14.6 Å². The number of aromatic hydroxyl groups is 1. The van der Waals surface area contributed by atoms with E-state index < -0.39 is 0 Å². The zero-order chi connectivity index (χ0) is 25.2. The van der Waals surface area contributed by atoms with Gasteiger partial charge in [0.15, 0.2) is 0 Å². The molecule has 0 unspecified atom stereocenters. The lowest BCUT2D eigenvalue weighted by molar-refractivity contribution is 0.102. The van der Waals surface area contributed by atoms with E-state index in [-0.39, 0.29) is 11.7 Å². The van der Waals surface area contributed by atoms with Crippen LogP contribution in [-0.2, 0) is 13.1 Å². The number of nitrogens with one attached hydrogen (secondary N) is 1. The van der Waals surface area contributed by atoms with Gasteiger partial charge in [-0.25, -0.2) is 0 Å². The van der Waals surface area contributed by atoms with Crippen molar-refractivity contribution in [2.45, 2.75) is 33.9 Å². The molecule has 0 bridgehead atoms. The van der Waals surface area contributed by atoms with Crippen molar-refractivity contribution in [3.63, 3.8) is 0 Å². The first kappa shape index (κ1) is 24.1. The van der Waals surface area contributed by atoms with Crippen molar-refractivity contribution >= 4 is 22.6 Å². The molecule has 0 radical (unpaired) electrons. The summed E-state index contributed by atoms with van der Waals surface area (Å²) < 4.78 is 5.98. The number of hydrogen-bond donors (Lipinski definition) is 2. The molecular weight excluding hydrogens is 450 g/mol. The molecule has 0 spiro atoms. The molecule has 4 aromatic rings. The highest BCUT2D eigenvalue weighted by molar-refractivity contribution is 6.14. The van der Waals surface area contributed by atoms with Crippen molar-refractivity contribution in [3.05, 3.63) is 94.2 Å². The number of furan rings is 1. The van der Waals surface area contributed by atoms with Crippen molar-refractivity contribution in [2.24, 2.45) is 0 Å². The third-order valence-electron chi connectivity index (χ3n) is 7.07. The van der Waals surface area contributed by atoms with E-state index in [4.69, 9.17) is 4.42 Å². The number of nitrogens with zero attached hydrogens (tertiary/aromatic N) is 2. The Kier molecular flexibility index (Phi) is 6.81. The van der Waals surface area contributed by atoms with E-state index in [1.54, 1.807) is 19.1 Å². The molecule has 0 atom stereocenters. The van der Waals surface area contributed by atoms with E-state index in [1.165, 1.54) is 5.56 Å². The van der Waals surface area contributed by atoms with E-state index in [2.05, 4.69) is 39.4 Å². The van der Waals surface area contributed by atoms with Gasteiger partial charge in [0.25, 0.3) is 5.91 Å². The average molecular weight is 484 g/mol. The minimum atomic E-state index is -0.224. The van der Waals surface area contributed by atoms with Crippen LogP contribution in [0.15, 0.2) is 65.1 Å². The fourth-order valence-electron chi connectivity index (χ4n) is 5.11. The van der Waals surface area contributed by atoms with Crippen LogP contribution in [0, 0.1) is 20.8 Å². The molecule has 1 fully saturated rings. The minimum Gasteiger partial charge on any atom is -0.508 e. The third kappa shape index (κ3) is 5.01. The van der Waals surface area contributed by atoms with Crippen LogP contribution in [0.25, 0.3) is 11.0 Å². The van der Waals surface area contributed by atoms with Crippen molar-refractivity contribution < 1.29 is 14.3 Å². The number of phenolic OH excluding ortho intramolecular Hbond substituents is 1. The fourth-order valence-corrected chi connectivity index (χ4v) is 5.11. The maximum atomic E-state index is 13.4. The van der Waals surface area contributed by atoms with Crippen molar-refractivity contribution in [1.82, 2.24) is 9.80 Å². The Morgan fingerprint density at radius 1 is 0.917 bits per heavy atom. The Balaban J connectivity index is 1.36. The monoisotopic (exact) mass is 483 g/mol. The van der Waals surface area contributed by atoms with Crippen LogP contribution in [-0.4, -0.2) is 47.0 Å². The first-order chi connectivity index (χ1) is 17.4. The number of anilines is 1. The van der Waals surface area contributed by atoms with Crippen molar-refractivity contribution in [2.75, 3.05) is 31.5 Å². The molecule has 1 aromatic heterocycles. The summed E-state index contributed by atoms with van der Waals surface area (Å²) in [5.74, 6) is 0.514. The SMILES string of the molecule is Cc1ccc(NC(=O)c2c(C)oc3ccc(O)c(CN4CCN(Cc5ccccc5)CC4)c23)c(C)c1. The number of hydrogen-bond acceptors (Lipinski definition) is 5. The molecule has 36 heavy (non-hydrogen) atoms. The van der Waals surface area contributed by atoms with E-state index in [0.29, 0.717) is 28.8 Å². The summed E-state index contributed by atoms with van der Waals surface area (Å²) in [5, 5.41) is 14.6. The molecule has 0 aliphatic carbocycles. The van der Waals surface area contributed by atoms with Gasteiger partial charge >= 0.3 is 0 Å². The van der Waals surface area contributed by atoms with Crippen molar-refractivity contribution in [1.29, 1.82) is 0 Å². The third-order valence-corrected chi connectivity index (χ3v) is 7.07. The molecule has 5 rings (SSSR count). The Morgan fingerprint density at radius 2 is 1.61 bits per heavy atom. The molecule has 1 aliphatic rings. The molecule has 1 saturated heterocycles. The summed E-state index contributed by atoms with van der Waals surface area (Å²) in [4.78, 5) is 18.2. The van der Waals surface area contributed by atoms with Crippen LogP contribution < -0.4 is 5.32 Å². The first-order valence-electron chi connectivity index (χ1n) is 12.5. The highest BCUT2D eigenvalue weighted by Crippen LogP contribution is 2.35. The molecule has 3 aromatic carbocycles. The second kappa shape index (κ2) is 10.2. The maximum absolute atomic E-state index is 13.4. The van der Waals surface area contributed by atoms with Gasteiger partial charge in [-0.15, -0.1) is 0 Å². The van der Waals surface area contributed by atoms with E-state index >= 15 is 0 Å². The van der Waals surface area contributed by atoms with E-state index in [0.717, 1.165) is 55.1 Å². The van der Waals surface area contributed by atoms with Crippen LogP contribution in [0.3, 0.4) is 0 Å². The highest BCUT2D eigenvalue weighted by atomic mass is 16.3. The van der Waals surface area contributed by atoms with Crippen molar-refractivity contribution in [3.8, 4) is 5.75 Å². The van der Waals surface area contributed by atoms with Crippen LogP contribution >= 0.6 is 0 Å². The number of benzene rings is 3. The number of aryl methyl sites for hydroxylation is 3. The summed E-state index contributed by atoms with van der Waals surface area (Å²) in [6, 6.07) is 19.9. The summed E-state index contributed by atoms with van der Waals surface area (Å²) in [6.45, 7) is 11.0. The summed E-state index contributed by atoms with van der Waals surface area (Å²) in [6.07, 6.45) is 0. The highest BCUT2D eigenvalue weighted by Gasteiger charge is 2.25. The van der Waals surface area contributed by atoms with Gasteiger partial charge in [-0.1, -0.05) is 48.0 Å². The zero-order valence-electron chi connectivity index (χ0n) is 21.2. The molecule has 186 valence electrons. The van der Waals surface area contributed by atoms with Gasteiger partial charge in [0.05, 0.1) is 5.56 Å². The maximum Gasteiger partial charge on any atom is 0.259 e. The van der Waals surface area contributed by atoms with Gasteiger partial charge in [-0.05, 0) is 50.1 Å². The van der Waals surface area contributed by atoms with Gasteiger partial charge in [0.1, 0.15) is 17.1 Å². The summed E-state index contributed by atoms with van der Waals surface area (Å²) in [7, 11) is 0. The number of phenols is 1. The fraction of sp³-hybridized carbons (Fsp3) is 0.300. The smallest absolute Gasteiger partial charge is 0.259 e. The van der Waals surface area contributed by atoms with Crippen LogP contribution in [0.4, 0.5) is 5.69 Å². The molecule has 0 saturated carbocycles.